The molecule has 6 heterocycles. The van der Waals surface area contributed by atoms with E-state index in [4.69, 9.17) is 47.7 Å². The number of rotatable bonds is 36. The average Bonchev–Trinajstić information content (AvgIpc) is 1.62. The van der Waals surface area contributed by atoms with E-state index in [9.17, 15) is 63.3 Å². The maximum Gasteiger partial charge on any atom is 0.246 e. The Labute approximate surface area is 613 Å². The molecule has 35 nitrogen and oxygen atoms in total. The first kappa shape index (κ1) is 79.3. The van der Waals surface area contributed by atoms with Crippen LogP contribution in [-0.2, 0) is 109 Å². The second-order valence-electron chi connectivity index (χ2n) is 25.9. The third-order valence-corrected chi connectivity index (χ3v) is 20.7. The number of aliphatic hydroxyl groups excluding tert-OH is 3. The molecule has 2 bridgehead atoms. The van der Waals surface area contributed by atoms with Gasteiger partial charge in [-0.1, -0.05) is 34.1 Å². The zero-order valence-electron chi connectivity index (χ0n) is 62.0. The number of carbonyl (C=O) groups is 11. The topological polar surface area (TPSA) is 475 Å². The molecule has 37 heteroatoms. The molecule has 0 aliphatic carbocycles. The molecule has 2 fully saturated rings. The fourth-order valence-electron chi connectivity index (χ4n) is 12.3. The van der Waals surface area contributed by atoms with Crippen molar-refractivity contribution in [3.63, 3.8) is 0 Å². The summed E-state index contributed by atoms with van der Waals surface area (Å²) in [4.78, 5) is 158. The number of aromatic nitrogens is 1. The Morgan fingerprint density at radius 3 is 2.02 bits per heavy atom. The summed E-state index contributed by atoms with van der Waals surface area (Å²) in [6, 6.07) is -4.43. The number of aliphatic hydroxyl groups is 3. The summed E-state index contributed by atoms with van der Waals surface area (Å²) >= 11 is 1.28. The zero-order chi connectivity index (χ0) is 77.9. The molecule has 2 unspecified atom stereocenters. The highest BCUT2D eigenvalue weighted by Gasteiger charge is 2.46. The number of carbonyl (C=O) groups excluding carboxylic acids is 11. The number of aromatic amines is 1. The van der Waals surface area contributed by atoms with Crippen LogP contribution in [-0.4, -0.2) is 291 Å². The number of hydrogen-bond acceptors (Lipinski definition) is 27. The van der Waals surface area contributed by atoms with Crippen molar-refractivity contribution < 1.29 is 114 Å². The highest BCUT2D eigenvalue weighted by Crippen LogP contribution is 2.37. The van der Waals surface area contributed by atoms with Gasteiger partial charge < -0.3 is 101 Å². The van der Waals surface area contributed by atoms with Crippen molar-refractivity contribution in [2.75, 3.05) is 150 Å². The Bertz CT molecular complexity index is 3470. The van der Waals surface area contributed by atoms with Crippen LogP contribution in [0, 0.1) is 29.6 Å². The van der Waals surface area contributed by atoms with Crippen LogP contribution < -0.4 is 48.0 Å². The minimum atomic E-state index is -3.02. The number of amides is 9. The Morgan fingerprint density at radius 2 is 1.41 bits per heavy atom. The number of methoxy groups -OCH3 is 1. The molecule has 5 aliphatic rings. The van der Waals surface area contributed by atoms with Gasteiger partial charge in [0.2, 0.25) is 53.2 Å². The molecule has 0 spiro atoms. The van der Waals surface area contributed by atoms with Gasteiger partial charge in [-0.15, -0.1) is 5.53 Å². The van der Waals surface area contributed by atoms with Gasteiger partial charge in [0.1, 0.15) is 28.9 Å². The number of ether oxygens (including phenoxy) is 8. The summed E-state index contributed by atoms with van der Waals surface area (Å²) in [6.45, 7) is 8.76. The van der Waals surface area contributed by atoms with Crippen molar-refractivity contribution in [2.24, 2.45) is 35.3 Å². The van der Waals surface area contributed by atoms with Crippen LogP contribution in [0.15, 0.2) is 29.1 Å². The number of benzene rings is 1. The standard InChI is InChI=1S/C67H102N12O23S2/c1-6-39(2)47-28-44(81)31-69-61(88)42-26-48-46-7-8-55(95-5)49(37-103-24-23-102-22-21-101-20-19-100-18-17-99-16-15-98-14-13-97-12-11-96-10-9-77-33-43(75-76-77)34-79-58(87)25-40(3)66(79)92)60(46)74-65(48)104(94)38-51(71-57(86)32-70-62(47)89)63(90)72-50(30-56(68)85)67(93)78-35-45(82)29-52(78)64(91)73-59(53(83)27-42)41(4)54(84)36-80/h7-8,33,39-42,45,47,50-52,54,59,74-76,80,82,84H,6,9-32,34-38H2,1-5H3,(H2,68,85)(H,69,88)(H,70,89)(H,71,86)(H,72,90)(H,73,91)/t39-,40?,41-,42+,45+,47-,50-,51+,52-,54-,59-,104?/m0/s1/i5D3. The molecule has 580 valence electrons. The summed E-state index contributed by atoms with van der Waals surface area (Å²) < 4.78 is 84.6. The van der Waals surface area contributed by atoms with Crippen LogP contribution in [0.2, 0.25) is 0 Å². The van der Waals surface area contributed by atoms with Gasteiger partial charge in [-0.05, 0) is 30.0 Å². The number of nitrogens with zero attached hydrogens (tertiary/aromatic N) is 3. The van der Waals surface area contributed by atoms with Gasteiger partial charge in [0, 0.05) is 84.6 Å². The van der Waals surface area contributed by atoms with Crippen LogP contribution >= 0.6 is 11.8 Å². The predicted octanol–water partition coefficient (Wildman–Crippen LogP) is -3.53. The molecule has 0 radical (unpaired) electrons. The Hall–Kier alpha value is -7.27. The molecule has 104 heavy (non-hydrogen) atoms. The molecule has 12 atom stereocenters. The van der Waals surface area contributed by atoms with Gasteiger partial charge in [0.25, 0.3) is 0 Å². The fourth-order valence-corrected chi connectivity index (χ4v) is 14.5. The van der Waals surface area contributed by atoms with E-state index in [0.717, 1.165) is 4.90 Å². The second kappa shape index (κ2) is 42.8. The molecule has 1 aromatic heterocycles. The van der Waals surface area contributed by atoms with Crippen LogP contribution in [0.4, 0.5) is 0 Å². The summed E-state index contributed by atoms with van der Waals surface area (Å²) in [6.07, 6.45) is -3.77. The Kier molecular flexibility index (Phi) is 32.6. The molecule has 0 saturated carbocycles. The van der Waals surface area contributed by atoms with Crippen LogP contribution in [0.5, 0.6) is 5.75 Å². The van der Waals surface area contributed by atoms with E-state index < -0.39 is 195 Å². The highest BCUT2D eigenvalue weighted by atomic mass is 32.2. The summed E-state index contributed by atoms with van der Waals surface area (Å²) in [5.74, 6) is -14.5. The second-order valence-corrected chi connectivity index (χ2v) is 28.5. The van der Waals surface area contributed by atoms with Crippen LogP contribution in [0.25, 0.3) is 10.9 Å². The number of thioether (sulfide) groups is 1. The first-order valence-electron chi connectivity index (χ1n) is 36.3. The van der Waals surface area contributed by atoms with Crippen LogP contribution in [0.1, 0.15) is 81.5 Å². The van der Waals surface area contributed by atoms with Gasteiger partial charge in [-0.2, -0.15) is 11.8 Å². The normalized spacial score (nSPS) is 25.0. The van der Waals surface area contributed by atoms with E-state index in [1.807, 2.05) is 0 Å². The Balaban J connectivity index is 0.976. The molecule has 1 aromatic carbocycles. The van der Waals surface area contributed by atoms with E-state index in [-0.39, 0.29) is 102 Å². The van der Waals surface area contributed by atoms with Gasteiger partial charge in [0.05, 0.1) is 189 Å². The number of nitrogens with one attached hydrogen (secondary N) is 8. The summed E-state index contributed by atoms with van der Waals surface area (Å²) in [5.41, 5.74) is 12.6. The quantitative estimate of drug-likeness (QED) is 0.0232. The maximum atomic E-state index is 15.4. The smallest absolute Gasteiger partial charge is 0.246 e. The van der Waals surface area contributed by atoms with E-state index in [1.54, 1.807) is 32.0 Å². The number of Topliss-reactive ketones (excluding diaryl/α,β-unsaturated/α-hetero) is 2. The largest absolute Gasteiger partial charge is 0.496 e. The number of imide groups is 1. The molecule has 2 saturated heterocycles. The average molecular weight is 1510 g/mol. The molecule has 13 N–H and O–H groups in total. The SMILES string of the molecule is [2H]C([2H])([2H])Oc1ccc2c3c([nH]c2c1CSCCOCCOCCOCCOCCOCCOCCOCCN1C=C(CN2C(=O)CC(C)C2=O)NN1)S(=O)C[C@H]1NC(=O)CNC(=O)[C@H]([C@@H](C)CC)CC(=O)CNC(=O)[C@@H](CC(=O)[C@H]([C@@H](C)[C@@H](O)CO)NC(=O)[C@@H]2C[C@@H](O)CN2C(=O)[C@H](CC(N)=O)NC1=O)C3. The summed E-state index contributed by atoms with van der Waals surface area (Å²) in [5, 5.41) is 46.3. The molecule has 9 amide bonds. The van der Waals surface area contributed by atoms with E-state index >= 15 is 9.00 Å². The monoisotopic (exact) mass is 1510 g/mol. The molecule has 7 rings (SSSR count). The number of hydrazine groups is 2. The van der Waals surface area contributed by atoms with Crippen molar-refractivity contribution >= 4 is 98.2 Å². The minimum Gasteiger partial charge on any atom is -0.496 e. The third kappa shape index (κ3) is 24.9. The highest BCUT2D eigenvalue weighted by molar-refractivity contribution is 7.98. The number of likely N-dealkylation sites (tertiary alicyclic amines) is 1. The first-order chi connectivity index (χ1) is 51.1. The lowest BCUT2D eigenvalue weighted by Crippen LogP contribution is -2.60. The lowest BCUT2D eigenvalue weighted by Gasteiger charge is -2.32. The van der Waals surface area contributed by atoms with Crippen molar-refractivity contribution in [3.8, 4) is 5.75 Å². The van der Waals surface area contributed by atoms with Crippen molar-refractivity contribution in [3.05, 3.63) is 35.2 Å². The number of primary amides is 1. The lowest BCUT2D eigenvalue weighted by molar-refractivity contribution is -0.144. The predicted molar refractivity (Wildman–Crippen MR) is 373 cm³/mol. The number of fused-ring (bicyclic) bond motifs is 5. The van der Waals surface area contributed by atoms with E-state index in [1.165, 1.54) is 35.7 Å². The van der Waals surface area contributed by atoms with Gasteiger partial charge in [-0.25, -0.2) is 0 Å². The lowest BCUT2D eigenvalue weighted by atomic mass is 9.85. The number of H-pyrrole nitrogens is 1. The summed E-state index contributed by atoms with van der Waals surface area (Å²) in [7, 11) is -5.56. The van der Waals surface area contributed by atoms with Crippen molar-refractivity contribution in [2.45, 2.75) is 120 Å². The minimum absolute atomic E-state index is 0.00273. The van der Waals surface area contributed by atoms with Gasteiger partial charge >= 0.3 is 0 Å². The molecule has 2 aromatic rings. The van der Waals surface area contributed by atoms with Crippen molar-refractivity contribution in [1.82, 2.24) is 57.3 Å². The molecule has 5 aliphatic heterocycles. The number of ketones is 2. The zero-order valence-corrected chi connectivity index (χ0v) is 60.7. The maximum absolute atomic E-state index is 15.4. The fraction of sp³-hybridized carbons (Fsp3) is 0.687. The number of nitrogens with two attached hydrogens (primary N) is 1. The van der Waals surface area contributed by atoms with Gasteiger partial charge in [0.15, 0.2) is 11.6 Å². The van der Waals surface area contributed by atoms with Crippen LogP contribution in [0.3, 0.4) is 0 Å². The van der Waals surface area contributed by atoms with Crippen molar-refractivity contribution in [1.29, 1.82) is 0 Å². The number of hydrogen-bond donors (Lipinski definition) is 12. The molecular weight excluding hydrogens is 1400 g/mol. The van der Waals surface area contributed by atoms with Gasteiger partial charge in [-0.3, -0.25) is 66.9 Å². The third-order valence-electron chi connectivity index (χ3n) is 18.3. The Morgan fingerprint density at radius 1 is 0.779 bits per heavy atom. The van der Waals surface area contributed by atoms with E-state index in [0.29, 0.717) is 83.9 Å². The first-order valence-corrected chi connectivity index (χ1v) is 37.3. The molecular formula is C67H102N12O23S2. The van der Waals surface area contributed by atoms with E-state index in [2.05, 4.69) is 42.5 Å².